The van der Waals surface area contributed by atoms with Crippen molar-refractivity contribution >= 4 is 23.2 Å². The van der Waals surface area contributed by atoms with Crippen molar-refractivity contribution in [3.8, 4) is 11.5 Å². The van der Waals surface area contributed by atoms with Gasteiger partial charge in [-0.15, -0.1) is 0 Å². The molecule has 100 valence electrons. The van der Waals surface area contributed by atoms with Crippen LogP contribution in [0.3, 0.4) is 0 Å². The first kappa shape index (κ1) is 14.0. The predicted molar refractivity (Wildman–Crippen MR) is 74.8 cm³/mol. The average Bonchev–Trinajstić information content (AvgIpc) is 2.37. The standard InChI is InChI=1S/C14H13Cl2NO2/c1-9-14(13(18)6-7-17(9)2)19-8-10-11(15)4-3-5-12(10)16/h3-7H,8H2,1-2H3/p+1. The molecule has 0 bridgehead atoms. The van der Waals surface area contributed by atoms with Gasteiger partial charge in [0.05, 0.1) is 0 Å². The molecule has 0 saturated heterocycles. The number of aromatic hydroxyl groups is 1. The second kappa shape index (κ2) is 5.68. The third kappa shape index (κ3) is 2.94. The Balaban J connectivity index is 2.27. The van der Waals surface area contributed by atoms with Crippen LogP contribution in [0.1, 0.15) is 11.3 Å². The average molecular weight is 299 g/mol. The first-order chi connectivity index (χ1) is 9.00. The number of nitrogens with zero attached hydrogens (tertiary/aromatic N) is 1. The second-order valence-electron chi connectivity index (χ2n) is 4.22. The summed E-state index contributed by atoms with van der Waals surface area (Å²) >= 11 is 12.1. The molecule has 0 fully saturated rings. The molecular weight excluding hydrogens is 285 g/mol. The van der Waals surface area contributed by atoms with Gasteiger partial charge in [-0.1, -0.05) is 29.3 Å². The van der Waals surface area contributed by atoms with Crippen LogP contribution in [0.15, 0.2) is 30.5 Å². The maximum absolute atomic E-state index is 9.83. The molecule has 1 heterocycles. The Bertz CT molecular complexity index is 594. The normalized spacial score (nSPS) is 10.5. The van der Waals surface area contributed by atoms with Gasteiger partial charge in [-0.3, -0.25) is 0 Å². The fourth-order valence-corrected chi connectivity index (χ4v) is 2.21. The molecule has 1 N–H and O–H groups in total. The lowest BCUT2D eigenvalue weighted by atomic mass is 10.2. The van der Waals surface area contributed by atoms with Gasteiger partial charge in [0.1, 0.15) is 13.7 Å². The molecule has 19 heavy (non-hydrogen) atoms. The van der Waals surface area contributed by atoms with Crippen LogP contribution in [0.4, 0.5) is 0 Å². The number of aryl methyl sites for hydroxylation is 1. The van der Waals surface area contributed by atoms with Gasteiger partial charge in [-0.25, -0.2) is 4.57 Å². The highest BCUT2D eigenvalue weighted by molar-refractivity contribution is 6.35. The van der Waals surface area contributed by atoms with Crippen LogP contribution in [0.2, 0.25) is 10.0 Å². The Kier molecular flexibility index (Phi) is 4.17. The fraction of sp³-hybridized carbons (Fsp3) is 0.214. The highest BCUT2D eigenvalue weighted by Crippen LogP contribution is 2.30. The van der Waals surface area contributed by atoms with Crippen LogP contribution in [0.25, 0.3) is 0 Å². The summed E-state index contributed by atoms with van der Waals surface area (Å²) in [6, 6.07) is 6.86. The summed E-state index contributed by atoms with van der Waals surface area (Å²) < 4.78 is 7.52. The van der Waals surface area contributed by atoms with Crippen LogP contribution in [0.5, 0.6) is 11.5 Å². The minimum absolute atomic E-state index is 0.0961. The summed E-state index contributed by atoms with van der Waals surface area (Å²) in [6.07, 6.45) is 1.76. The van der Waals surface area contributed by atoms with E-state index in [0.717, 1.165) is 5.69 Å². The number of hydrogen-bond acceptors (Lipinski definition) is 2. The first-order valence-corrected chi connectivity index (χ1v) is 6.50. The van der Waals surface area contributed by atoms with Crippen molar-refractivity contribution in [2.45, 2.75) is 13.5 Å². The zero-order chi connectivity index (χ0) is 14.0. The zero-order valence-corrected chi connectivity index (χ0v) is 12.2. The molecule has 5 heteroatoms. The van der Waals surface area contributed by atoms with E-state index in [0.29, 0.717) is 21.4 Å². The third-order valence-electron chi connectivity index (χ3n) is 2.97. The summed E-state index contributed by atoms with van der Waals surface area (Å²) in [5.74, 6) is 0.528. The molecule has 0 atom stereocenters. The summed E-state index contributed by atoms with van der Waals surface area (Å²) in [5.41, 5.74) is 1.53. The van der Waals surface area contributed by atoms with Gasteiger partial charge in [-0.2, -0.15) is 0 Å². The molecule has 2 aromatic rings. The minimum atomic E-state index is 0.0961. The lowest BCUT2D eigenvalue weighted by Gasteiger charge is -2.11. The van der Waals surface area contributed by atoms with E-state index in [9.17, 15) is 5.11 Å². The number of halogens is 2. The summed E-state index contributed by atoms with van der Waals surface area (Å²) in [7, 11) is 1.88. The number of aromatic nitrogens is 1. The van der Waals surface area contributed by atoms with E-state index >= 15 is 0 Å². The van der Waals surface area contributed by atoms with Gasteiger partial charge < -0.3 is 9.84 Å². The highest BCUT2D eigenvalue weighted by Gasteiger charge is 2.16. The quantitative estimate of drug-likeness (QED) is 0.881. The Morgan fingerprint density at radius 2 is 1.84 bits per heavy atom. The summed E-state index contributed by atoms with van der Waals surface area (Å²) in [6.45, 7) is 2.07. The summed E-state index contributed by atoms with van der Waals surface area (Å²) in [5, 5.41) is 10.9. The molecule has 3 nitrogen and oxygen atoms in total. The van der Waals surface area contributed by atoms with Crippen molar-refractivity contribution < 1.29 is 14.4 Å². The molecule has 0 aliphatic rings. The molecule has 0 amide bonds. The van der Waals surface area contributed by atoms with E-state index in [1.165, 1.54) is 0 Å². The number of benzene rings is 1. The van der Waals surface area contributed by atoms with Crippen LogP contribution in [-0.4, -0.2) is 5.11 Å². The number of hydrogen-bond donors (Lipinski definition) is 1. The van der Waals surface area contributed by atoms with Crippen molar-refractivity contribution in [3.05, 3.63) is 51.8 Å². The molecule has 0 radical (unpaired) electrons. The molecule has 0 spiro atoms. The summed E-state index contributed by atoms with van der Waals surface area (Å²) in [4.78, 5) is 0. The second-order valence-corrected chi connectivity index (χ2v) is 5.03. The highest BCUT2D eigenvalue weighted by atomic mass is 35.5. The van der Waals surface area contributed by atoms with E-state index in [1.807, 2.05) is 18.5 Å². The smallest absolute Gasteiger partial charge is 0.229 e. The van der Waals surface area contributed by atoms with Gasteiger partial charge in [-0.05, 0) is 12.1 Å². The topological polar surface area (TPSA) is 33.3 Å². The van der Waals surface area contributed by atoms with E-state index in [4.69, 9.17) is 27.9 Å². The monoisotopic (exact) mass is 298 g/mol. The minimum Gasteiger partial charge on any atom is -0.504 e. The van der Waals surface area contributed by atoms with Gasteiger partial charge >= 0.3 is 0 Å². The predicted octanol–water partition coefficient (Wildman–Crippen LogP) is 3.41. The van der Waals surface area contributed by atoms with Crippen LogP contribution < -0.4 is 9.30 Å². The van der Waals surface area contributed by atoms with Crippen LogP contribution in [-0.2, 0) is 13.7 Å². The Labute approximate surface area is 122 Å². The van der Waals surface area contributed by atoms with Crippen LogP contribution >= 0.6 is 23.2 Å². The molecule has 0 saturated carbocycles. The third-order valence-corrected chi connectivity index (χ3v) is 3.68. The van der Waals surface area contributed by atoms with E-state index in [1.54, 1.807) is 30.5 Å². The van der Waals surface area contributed by atoms with Crippen molar-refractivity contribution in [3.63, 3.8) is 0 Å². The van der Waals surface area contributed by atoms with Gasteiger partial charge in [0, 0.05) is 28.6 Å². The molecule has 1 aromatic heterocycles. The molecule has 2 rings (SSSR count). The molecular formula is C14H14Cl2NO2+. The van der Waals surface area contributed by atoms with Gasteiger partial charge in [0.2, 0.25) is 11.4 Å². The number of pyridine rings is 1. The first-order valence-electron chi connectivity index (χ1n) is 5.74. The number of ether oxygens (including phenoxy) is 1. The van der Waals surface area contributed by atoms with Gasteiger partial charge in [0.25, 0.3) is 0 Å². The number of rotatable bonds is 3. The molecule has 0 aliphatic carbocycles. The SMILES string of the molecule is Cc1c(OCc2c(Cl)cccc2Cl)c(O)cc[n+]1C. The van der Waals surface area contributed by atoms with E-state index in [-0.39, 0.29) is 12.4 Å². The lowest BCUT2D eigenvalue weighted by molar-refractivity contribution is -0.678. The van der Waals surface area contributed by atoms with E-state index in [2.05, 4.69) is 0 Å². The van der Waals surface area contributed by atoms with Crippen LogP contribution in [0, 0.1) is 6.92 Å². The van der Waals surface area contributed by atoms with E-state index < -0.39 is 0 Å². The van der Waals surface area contributed by atoms with Crippen molar-refractivity contribution in [1.82, 2.24) is 0 Å². The Morgan fingerprint density at radius 1 is 1.21 bits per heavy atom. The Hall–Kier alpha value is -1.45. The lowest BCUT2D eigenvalue weighted by Crippen LogP contribution is -2.31. The maximum Gasteiger partial charge on any atom is 0.229 e. The van der Waals surface area contributed by atoms with Gasteiger partial charge in [0.15, 0.2) is 11.9 Å². The van der Waals surface area contributed by atoms with Crippen molar-refractivity contribution in [2.75, 3.05) is 0 Å². The zero-order valence-electron chi connectivity index (χ0n) is 10.7. The largest absolute Gasteiger partial charge is 0.504 e. The van der Waals surface area contributed by atoms with Crippen molar-refractivity contribution in [1.29, 1.82) is 0 Å². The fourth-order valence-electron chi connectivity index (χ4n) is 1.71. The Morgan fingerprint density at radius 3 is 2.47 bits per heavy atom. The molecule has 1 aromatic carbocycles. The molecule has 0 unspecified atom stereocenters. The van der Waals surface area contributed by atoms with Crippen molar-refractivity contribution in [2.24, 2.45) is 7.05 Å². The molecule has 0 aliphatic heterocycles. The maximum atomic E-state index is 9.83.